The molecule has 0 atom stereocenters. The molecule has 0 spiro atoms. The average Bonchev–Trinajstić information content (AvgIpc) is 3.62. The van der Waals surface area contributed by atoms with Gasteiger partial charge in [-0.2, -0.15) is 0 Å². The molecule has 0 saturated carbocycles. The van der Waals surface area contributed by atoms with E-state index in [1.54, 1.807) is 36.8 Å². The Hall–Kier alpha value is -3.80. The third-order valence-corrected chi connectivity index (χ3v) is 4.77. The van der Waals surface area contributed by atoms with E-state index in [9.17, 15) is 9.59 Å². The second-order valence-electron chi connectivity index (χ2n) is 6.93. The Bertz CT molecular complexity index is 1030. The smallest absolute Gasteiger partial charge is 0.275 e. The zero-order valence-corrected chi connectivity index (χ0v) is 16.4. The summed E-state index contributed by atoms with van der Waals surface area (Å²) >= 11 is 0. The molecule has 6 heteroatoms. The number of carbonyl (C=O) groups excluding carboxylic acids is 2. The highest BCUT2D eigenvalue weighted by molar-refractivity contribution is 6.20. The SMILES string of the molecule is O=C1NC(=O)C2=C1/C=C\C=C\CO\C=C/C=C/C=C/C=C/OC1=C(C1)C1=C(CN2)C1. The Morgan fingerprint density at radius 3 is 2.47 bits per heavy atom. The van der Waals surface area contributed by atoms with Gasteiger partial charge in [-0.25, -0.2) is 0 Å². The third kappa shape index (κ3) is 4.97. The van der Waals surface area contributed by atoms with Crippen molar-refractivity contribution < 1.29 is 19.1 Å². The maximum absolute atomic E-state index is 12.1. The van der Waals surface area contributed by atoms with Crippen molar-refractivity contribution in [1.82, 2.24) is 10.6 Å². The summed E-state index contributed by atoms with van der Waals surface area (Å²) in [5.74, 6) is 0.197. The van der Waals surface area contributed by atoms with Gasteiger partial charge in [-0.1, -0.05) is 36.5 Å². The van der Waals surface area contributed by atoms with Crippen molar-refractivity contribution in [3.8, 4) is 0 Å². The van der Waals surface area contributed by atoms with Gasteiger partial charge in [-0.3, -0.25) is 14.9 Å². The molecule has 2 heterocycles. The highest BCUT2D eigenvalue weighted by Crippen LogP contribution is 2.49. The van der Waals surface area contributed by atoms with Gasteiger partial charge in [0.25, 0.3) is 11.8 Å². The molecule has 2 aliphatic heterocycles. The van der Waals surface area contributed by atoms with Crippen molar-refractivity contribution in [3.05, 3.63) is 107 Å². The minimum absolute atomic E-state index is 0.309. The van der Waals surface area contributed by atoms with E-state index in [-0.39, 0.29) is 0 Å². The molecule has 0 fully saturated rings. The quantitative estimate of drug-likeness (QED) is 0.609. The monoisotopic (exact) mass is 402 g/mol. The minimum atomic E-state index is -0.397. The van der Waals surface area contributed by atoms with Crippen molar-refractivity contribution in [3.63, 3.8) is 0 Å². The lowest BCUT2D eigenvalue weighted by molar-refractivity contribution is -0.124. The fraction of sp³-hybridized carbons (Fsp3) is 0.167. The maximum Gasteiger partial charge on any atom is 0.275 e. The zero-order chi connectivity index (χ0) is 20.8. The van der Waals surface area contributed by atoms with Crippen LogP contribution in [0.25, 0.3) is 0 Å². The summed E-state index contributed by atoms with van der Waals surface area (Å²) in [6, 6.07) is 0. The molecule has 0 unspecified atom stereocenters. The molecule has 6 nitrogen and oxygen atoms in total. The van der Waals surface area contributed by atoms with Gasteiger partial charge < -0.3 is 14.8 Å². The van der Waals surface area contributed by atoms with Crippen molar-refractivity contribution >= 4 is 11.8 Å². The molecule has 30 heavy (non-hydrogen) atoms. The molecule has 152 valence electrons. The Kier molecular flexibility index (Phi) is 5.94. The minimum Gasteiger partial charge on any atom is -0.497 e. The van der Waals surface area contributed by atoms with E-state index in [1.807, 2.05) is 36.5 Å². The topological polar surface area (TPSA) is 76.7 Å². The maximum atomic E-state index is 12.1. The highest BCUT2D eigenvalue weighted by Gasteiger charge is 2.36. The number of imide groups is 1. The van der Waals surface area contributed by atoms with Crippen molar-refractivity contribution in [2.45, 2.75) is 12.8 Å². The molecule has 4 rings (SSSR count). The molecule has 0 aromatic carbocycles. The van der Waals surface area contributed by atoms with E-state index in [0.29, 0.717) is 24.4 Å². The first-order valence-corrected chi connectivity index (χ1v) is 9.77. The van der Waals surface area contributed by atoms with Crippen LogP contribution in [0.1, 0.15) is 12.8 Å². The number of carbonyl (C=O) groups is 2. The molecule has 2 aliphatic carbocycles. The molecule has 2 amide bonds. The number of rotatable bonds is 0. The van der Waals surface area contributed by atoms with E-state index in [4.69, 9.17) is 9.47 Å². The summed E-state index contributed by atoms with van der Waals surface area (Å²) in [6.07, 6.45) is 23.2. The molecule has 0 bridgehead atoms. The Balaban J connectivity index is 1.49. The van der Waals surface area contributed by atoms with Crippen LogP contribution >= 0.6 is 0 Å². The summed E-state index contributed by atoms with van der Waals surface area (Å²) < 4.78 is 11.0. The first-order valence-electron chi connectivity index (χ1n) is 9.77. The first kappa shape index (κ1) is 19.5. The van der Waals surface area contributed by atoms with Gasteiger partial charge >= 0.3 is 0 Å². The van der Waals surface area contributed by atoms with Crippen molar-refractivity contribution in [2.75, 3.05) is 13.2 Å². The van der Waals surface area contributed by atoms with Gasteiger partial charge in [0, 0.05) is 18.5 Å². The van der Waals surface area contributed by atoms with Crippen LogP contribution in [0, 0.1) is 0 Å². The molecular formula is C24H22N2O4. The van der Waals surface area contributed by atoms with E-state index in [1.165, 1.54) is 16.7 Å². The zero-order valence-electron chi connectivity index (χ0n) is 16.4. The Labute approximate surface area is 175 Å². The predicted molar refractivity (Wildman–Crippen MR) is 113 cm³/mol. The summed E-state index contributed by atoms with van der Waals surface area (Å²) in [4.78, 5) is 24.2. The average molecular weight is 402 g/mol. The van der Waals surface area contributed by atoms with Crippen LogP contribution in [-0.2, 0) is 19.1 Å². The number of hydrogen-bond donors (Lipinski definition) is 2. The van der Waals surface area contributed by atoms with E-state index >= 15 is 0 Å². The Morgan fingerprint density at radius 2 is 1.60 bits per heavy atom. The highest BCUT2D eigenvalue weighted by atomic mass is 16.5. The fourth-order valence-corrected chi connectivity index (χ4v) is 3.08. The number of nitrogens with one attached hydrogen (secondary N) is 2. The van der Waals surface area contributed by atoms with E-state index < -0.39 is 11.8 Å². The summed E-state index contributed by atoms with van der Waals surface area (Å²) in [5, 5.41) is 5.46. The van der Waals surface area contributed by atoms with Crippen LogP contribution in [0.2, 0.25) is 0 Å². The van der Waals surface area contributed by atoms with Crippen LogP contribution in [0.15, 0.2) is 107 Å². The lowest BCUT2D eigenvalue weighted by Crippen LogP contribution is -2.27. The second kappa shape index (κ2) is 9.13. The molecule has 0 aromatic rings. The van der Waals surface area contributed by atoms with Crippen molar-refractivity contribution in [2.24, 2.45) is 0 Å². The number of amides is 2. The van der Waals surface area contributed by atoms with Gasteiger partial charge in [0.15, 0.2) is 0 Å². The predicted octanol–water partition coefficient (Wildman–Crippen LogP) is 3.14. The third-order valence-electron chi connectivity index (χ3n) is 4.77. The molecule has 0 aromatic heterocycles. The fourth-order valence-electron chi connectivity index (χ4n) is 3.08. The van der Waals surface area contributed by atoms with Gasteiger partial charge in [0.2, 0.25) is 0 Å². The molecule has 2 N–H and O–H groups in total. The number of hydrogen-bond acceptors (Lipinski definition) is 5. The summed E-state index contributed by atoms with van der Waals surface area (Å²) in [6.45, 7) is 0.939. The molecule has 0 radical (unpaired) electrons. The molecule has 0 saturated heterocycles. The van der Waals surface area contributed by atoms with Crippen LogP contribution < -0.4 is 10.6 Å². The van der Waals surface area contributed by atoms with Crippen molar-refractivity contribution in [1.29, 1.82) is 0 Å². The van der Waals surface area contributed by atoms with E-state index in [0.717, 1.165) is 18.6 Å². The Morgan fingerprint density at radius 1 is 0.800 bits per heavy atom. The van der Waals surface area contributed by atoms with Crippen LogP contribution in [0.4, 0.5) is 0 Å². The number of ether oxygens (including phenoxy) is 2. The molecular weight excluding hydrogens is 380 g/mol. The molecule has 4 aliphatic rings. The van der Waals surface area contributed by atoms with Gasteiger partial charge in [0.1, 0.15) is 18.1 Å². The van der Waals surface area contributed by atoms with Gasteiger partial charge in [-0.15, -0.1) is 0 Å². The number of allylic oxidation sites excluding steroid dienone is 11. The van der Waals surface area contributed by atoms with Crippen LogP contribution in [-0.4, -0.2) is 25.0 Å². The van der Waals surface area contributed by atoms with Gasteiger partial charge in [0.05, 0.1) is 18.1 Å². The second-order valence-corrected chi connectivity index (χ2v) is 6.93. The number of fused-ring (bicyclic) bond motifs is 1. The first-order chi connectivity index (χ1) is 14.7. The summed E-state index contributed by atoms with van der Waals surface area (Å²) in [5.41, 5.74) is 4.42. The lowest BCUT2D eigenvalue weighted by Gasteiger charge is -2.02. The van der Waals surface area contributed by atoms with Crippen LogP contribution in [0.3, 0.4) is 0 Å². The largest absolute Gasteiger partial charge is 0.497 e. The standard InChI is InChI=1S/C24H22N2O4/c27-23-18-10-6-5-8-12-29-11-7-3-1-2-4-9-13-30-21-15-20(21)19-14-17(19)16-25-22(18)24(28)26-23/h1-11,13,25H,12,14-16H2,(H,26,27,28)/b3-1+,4-2+,8-5+,10-6-,11-7-,13-9+. The normalized spacial score (nSPS) is 27.9. The lowest BCUT2D eigenvalue weighted by atomic mass is 10.2. The summed E-state index contributed by atoms with van der Waals surface area (Å²) in [7, 11) is 0. The van der Waals surface area contributed by atoms with Crippen LogP contribution in [0.5, 0.6) is 0 Å². The van der Waals surface area contributed by atoms with Gasteiger partial charge in [-0.05, 0) is 41.9 Å². The van der Waals surface area contributed by atoms with E-state index in [2.05, 4.69) is 10.6 Å².